The van der Waals surface area contributed by atoms with Gasteiger partial charge in [-0.05, 0) is 135 Å². The first kappa shape index (κ1) is 29.5. The Labute approximate surface area is 311 Å². The van der Waals surface area contributed by atoms with E-state index in [9.17, 15) is 0 Å². The Balaban J connectivity index is 0.982. The molecule has 0 saturated heterocycles. The van der Waals surface area contributed by atoms with E-state index in [1.165, 1.54) is 76.9 Å². The molecule has 9 aromatic carbocycles. The smallest absolute Gasteiger partial charge is 0.159 e. The molecule has 0 bridgehead atoms. The summed E-state index contributed by atoms with van der Waals surface area (Å²) in [5.41, 5.74) is 15.1. The molecular weight excluding hydrogens is 657 g/mol. The number of furan rings is 1. The number of fused-ring (bicyclic) bond motifs is 12. The van der Waals surface area contributed by atoms with Crippen molar-refractivity contribution in [2.24, 2.45) is 0 Å². The van der Waals surface area contributed by atoms with Crippen LogP contribution in [0, 0.1) is 6.92 Å². The lowest BCUT2D eigenvalue weighted by atomic mass is 9.78. The van der Waals surface area contributed by atoms with Gasteiger partial charge in [-0.25, -0.2) is 0 Å². The molecule has 0 N–H and O–H groups in total. The van der Waals surface area contributed by atoms with E-state index in [2.05, 4.69) is 186 Å². The van der Waals surface area contributed by atoms with Crippen molar-refractivity contribution in [3.05, 3.63) is 181 Å². The third-order valence-corrected chi connectivity index (χ3v) is 11.6. The van der Waals surface area contributed by atoms with Crippen LogP contribution in [0.3, 0.4) is 0 Å². The third kappa shape index (κ3) is 4.12. The Morgan fingerprint density at radius 3 is 1.70 bits per heavy atom. The number of para-hydroxylation sites is 5. The highest BCUT2D eigenvalue weighted by atomic mass is 16.3. The van der Waals surface area contributed by atoms with Crippen LogP contribution in [0.5, 0.6) is 0 Å². The minimum absolute atomic E-state index is 0.890. The topological polar surface area (TPSA) is 21.3 Å². The maximum Gasteiger partial charge on any atom is 0.159 e. The first-order valence-electron chi connectivity index (χ1n) is 18.6. The maximum absolute atomic E-state index is 6.58. The fourth-order valence-electron chi connectivity index (χ4n) is 9.01. The Kier molecular flexibility index (Phi) is 5.98. The minimum Gasteiger partial charge on any atom is -0.454 e. The number of hydrogen-bond acceptors (Lipinski definition) is 2. The molecule has 0 spiro atoms. The summed E-state index contributed by atoms with van der Waals surface area (Å²) in [6.45, 7) is 2.18. The van der Waals surface area contributed by atoms with Crippen LogP contribution in [0.15, 0.2) is 180 Å². The molecule has 1 aliphatic carbocycles. The van der Waals surface area contributed by atoms with Crippen molar-refractivity contribution in [2.45, 2.75) is 6.92 Å². The van der Waals surface area contributed by atoms with Crippen LogP contribution in [-0.2, 0) is 0 Å². The predicted molar refractivity (Wildman–Crippen MR) is 227 cm³/mol. The zero-order valence-corrected chi connectivity index (χ0v) is 29.5. The van der Waals surface area contributed by atoms with E-state index in [1.807, 2.05) is 6.07 Å². The highest BCUT2D eigenvalue weighted by molar-refractivity contribution is 6.14. The number of anilines is 3. The second kappa shape index (κ2) is 11.0. The van der Waals surface area contributed by atoms with E-state index in [4.69, 9.17) is 4.42 Å². The van der Waals surface area contributed by atoms with Crippen molar-refractivity contribution in [1.82, 2.24) is 4.57 Å². The molecule has 0 saturated carbocycles. The first-order valence-corrected chi connectivity index (χ1v) is 18.6. The lowest BCUT2D eigenvalue weighted by Gasteiger charge is -2.28. The normalized spacial score (nSPS) is 12.2. The fourth-order valence-corrected chi connectivity index (χ4v) is 9.01. The summed E-state index contributed by atoms with van der Waals surface area (Å²) in [4.78, 5) is 2.36. The number of aryl methyl sites for hydroxylation is 1. The molecule has 0 fully saturated rings. The van der Waals surface area contributed by atoms with Gasteiger partial charge in [0.25, 0.3) is 0 Å². The summed E-state index contributed by atoms with van der Waals surface area (Å²) in [5, 5.41) is 9.76. The first-order chi connectivity index (χ1) is 26.7. The quantitative estimate of drug-likeness (QED) is 0.184. The Morgan fingerprint density at radius 1 is 0.426 bits per heavy atom. The maximum atomic E-state index is 6.58. The average molecular weight is 689 g/mol. The van der Waals surface area contributed by atoms with Gasteiger partial charge in [-0.15, -0.1) is 0 Å². The lowest BCUT2D eigenvalue weighted by Crippen LogP contribution is -2.11. The van der Waals surface area contributed by atoms with Crippen molar-refractivity contribution in [3.63, 3.8) is 0 Å². The fraction of sp³-hybridized carbons (Fsp3) is 0.0196. The van der Waals surface area contributed by atoms with Crippen molar-refractivity contribution in [3.8, 4) is 27.9 Å². The molecule has 0 amide bonds. The highest BCUT2D eigenvalue weighted by Gasteiger charge is 2.25. The van der Waals surface area contributed by atoms with Crippen LogP contribution in [0.25, 0.3) is 93.2 Å². The van der Waals surface area contributed by atoms with Crippen LogP contribution < -0.4 is 4.90 Å². The predicted octanol–water partition coefficient (Wildman–Crippen LogP) is 14.4. The zero-order chi connectivity index (χ0) is 35.5. The summed E-state index contributed by atoms with van der Waals surface area (Å²) in [6.07, 6.45) is 0. The van der Waals surface area contributed by atoms with Crippen LogP contribution in [0.1, 0.15) is 5.56 Å². The molecule has 11 aromatic rings. The van der Waals surface area contributed by atoms with Gasteiger partial charge in [0.1, 0.15) is 5.58 Å². The van der Waals surface area contributed by atoms with Crippen molar-refractivity contribution in [1.29, 1.82) is 0 Å². The van der Waals surface area contributed by atoms with Gasteiger partial charge < -0.3 is 13.9 Å². The average Bonchev–Trinajstić information content (AvgIpc) is 3.77. The Hall–Kier alpha value is -7.10. The van der Waals surface area contributed by atoms with Gasteiger partial charge in [0, 0.05) is 38.6 Å². The molecule has 3 heteroatoms. The van der Waals surface area contributed by atoms with E-state index >= 15 is 0 Å². The zero-order valence-electron chi connectivity index (χ0n) is 29.5. The summed E-state index contributed by atoms with van der Waals surface area (Å²) in [6, 6.07) is 64.1. The van der Waals surface area contributed by atoms with E-state index in [1.54, 1.807) is 0 Å². The van der Waals surface area contributed by atoms with Crippen LogP contribution in [0.2, 0.25) is 0 Å². The van der Waals surface area contributed by atoms with E-state index < -0.39 is 0 Å². The molecule has 252 valence electrons. The SMILES string of the molecule is Cc1ccccc1N(c1ccc2cc3c(cc2c1)-c1cc2ccc(-n4c5ccccc5c5ccccc54)cc2cc1-3)c1cccc2c1oc1ccccc12. The molecule has 12 rings (SSSR count). The van der Waals surface area contributed by atoms with E-state index in [0.717, 1.165) is 39.0 Å². The molecular formula is C51H32N2O. The summed E-state index contributed by atoms with van der Waals surface area (Å²) >= 11 is 0. The van der Waals surface area contributed by atoms with Crippen molar-refractivity contribution < 1.29 is 4.42 Å². The Bertz CT molecular complexity index is 3310. The standard InChI is InChI=1S/C51H32N2O/c1-31-11-2-6-16-46(31)52(49-19-10-15-41-40-14-5-9-20-50(40)54-51(41)49)36-23-21-32-27-42-44(29-34(32)25-36)43-28-33-22-24-37(26-35(33)30-45(42)43)53-47-17-7-3-12-38(47)39-13-4-8-18-48(39)53/h2-30H,1H3. The summed E-state index contributed by atoms with van der Waals surface area (Å²) in [7, 11) is 0. The third-order valence-electron chi connectivity index (χ3n) is 11.6. The summed E-state index contributed by atoms with van der Waals surface area (Å²) in [5.74, 6) is 0. The van der Waals surface area contributed by atoms with Gasteiger partial charge in [0.05, 0.1) is 16.7 Å². The van der Waals surface area contributed by atoms with Crippen molar-refractivity contribution in [2.75, 3.05) is 4.90 Å². The number of hydrogen-bond donors (Lipinski definition) is 0. The van der Waals surface area contributed by atoms with Gasteiger partial charge >= 0.3 is 0 Å². The monoisotopic (exact) mass is 688 g/mol. The van der Waals surface area contributed by atoms with Gasteiger partial charge in [-0.2, -0.15) is 0 Å². The van der Waals surface area contributed by atoms with Crippen molar-refractivity contribution >= 4 is 82.4 Å². The summed E-state index contributed by atoms with van der Waals surface area (Å²) < 4.78 is 8.98. The largest absolute Gasteiger partial charge is 0.454 e. The molecule has 2 aromatic heterocycles. The molecule has 0 atom stereocenters. The number of rotatable bonds is 4. The number of aromatic nitrogens is 1. The highest BCUT2D eigenvalue weighted by Crippen LogP contribution is 2.51. The number of nitrogens with zero attached hydrogens (tertiary/aromatic N) is 2. The molecule has 0 aliphatic heterocycles. The molecule has 0 unspecified atom stereocenters. The van der Waals surface area contributed by atoms with Gasteiger partial charge in [-0.3, -0.25) is 0 Å². The second-order valence-electron chi connectivity index (χ2n) is 14.6. The van der Waals surface area contributed by atoms with Crippen LogP contribution in [0.4, 0.5) is 17.1 Å². The van der Waals surface area contributed by atoms with Crippen LogP contribution >= 0.6 is 0 Å². The van der Waals surface area contributed by atoms with Gasteiger partial charge in [0.15, 0.2) is 5.58 Å². The molecule has 3 nitrogen and oxygen atoms in total. The number of benzene rings is 9. The van der Waals surface area contributed by atoms with Crippen LogP contribution in [-0.4, -0.2) is 4.57 Å². The van der Waals surface area contributed by atoms with E-state index in [-0.39, 0.29) is 0 Å². The Morgan fingerprint density at radius 2 is 0.981 bits per heavy atom. The molecule has 54 heavy (non-hydrogen) atoms. The second-order valence-corrected chi connectivity index (χ2v) is 14.6. The molecule has 1 aliphatic rings. The van der Waals surface area contributed by atoms with Gasteiger partial charge in [-0.1, -0.05) is 97.1 Å². The molecule has 0 radical (unpaired) electrons. The molecule has 2 heterocycles. The lowest BCUT2D eigenvalue weighted by molar-refractivity contribution is 0.669. The van der Waals surface area contributed by atoms with Gasteiger partial charge in [0.2, 0.25) is 0 Å². The minimum atomic E-state index is 0.890. The van der Waals surface area contributed by atoms with E-state index in [0.29, 0.717) is 0 Å².